The average molecular weight is 417 g/mol. The lowest BCUT2D eigenvalue weighted by Gasteiger charge is -2.11. The lowest BCUT2D eigenvalue weighted by Crippen LogP contribution is -2.13. The van der Waals surface area contributed by atoms with Crippen LogP contribution in [-0.2, 0) is 6.61 Å². The molecule has 0 atom stereocenters. The summed E-state index contributed by atoms with van der Waals surface area (Å²) in [5.41, 5.74) is 2.44. The first kappa shape index (κ1) is 17.6. The first-order chi connectivity index (χ1) is 12.0. The van der Waals surface area contributed by atoms with E-state index in [9.17, 15) is 4.79 Å². The molecule has 2 aromatic carbocycles. The molecule has 0 bridgehead atoms. The van der Waals surface area contributed by atoms with Crippen molar-refractivity contribution < 1.29 is 9.53 Å². The SMILES string of the molecule is Cc1nc(NC(=O)c2ccccc2OCc2cccc(Br)c2)sc1C. The number of aryl methyl sites for hydroxylation is 2. The second-order valence-electron chi connectivity index (χ2n) is 5.53. The molecule has 1 aromatic heterocycles. The zero-order chi connectivity index (χ0) is 17.8. The minimum absolute atomic E-state index is 0.224. The van der Waals surface area contributed by atoms with Crippen LogP contribution >= 0.6 is 27.3 Å². The van der Waals surface area contributed by atoms with Crippen LogP contribution in [0.25, 0.3) is 0 Å². The number of thiazole rings is 1. The Kier molecular flexibility index (Phi) is 5.50. The van der Waals surface area contributed by atoms with Crippen molar-refractivity contribution in [3.63, 3.8) is 0 Å². The Morgan fingerprint density at radius 1 is 1.20 bits per heavy atom. The van der Waals surface area contributed by atoms with Gasteiger partial charge in [-0.05, 0) is 43.7 Å². The number of nitrogens with zero attached hydrogens (tertiary/aromatic N) is 1. The summed E-state index contributed by atoms with van der Waals surface area (Å²) in [5, 5.41) is 3.45. The number of para-hydroxylation sites is 1. The summed E-state index contributed by atoms with van der Waals surface area (Å²) in [6.45, 7) is 4.30. The second kappa shape index (κ2) is 7.80. The highest BCUT2D eigenvalue weighted by molar-refractivity contribution is 9.10. The molecule has 0 aliphatic carbocycles. The number of carbonyl (C=O) groups excluding carboxylic acids is 1. The number of nitrogens with one attached hydrogen (secondary N) is 1. The first-order valence-electron chi connectivity index (χ1n) is 7.74. The van der Waals surface area contributed by atoms with Crippen molar-refractivity contribution >= 4 is 38.3 Å². The van der Waals surface area contributed by atoms with Gasteiger partial charge in [-0.1, -0.05) is 40.2 Å². The van der Waals surface area contributed by atoms with Crippen molar-refractivity contribution in [1.82, 2.24) is 4.98 Å². The monoisotopic (exact) mass is 416 g/mol. The van der Waals surface area contributed by atoms with E-state index >= 15 is 0 Å². The van der Waals surface area contributed by atoms with Crippen molar-refractivity contribution in [1.29, 1.82) is 0 Å². The average Bonchev–Trinajstić information content (AvgIpc) is 2.91. The van der Waals surface area contributed by atoms with Gasteiger partial charge in [-0.15, -0.1) is 11.3 Å². The number of anilines is 1. The summed E-state index contributed by atoms with van der Waals surface area (Å²) in [6, 6.07) is 15.1. The van der Waals surface area contributed by atoms with Gasteiger partial charge in [0.1, 0.15) is 12.4 Å². The molecule has 0 radical (unpaired) electrons. The van der Waals surface area contributed by atoms with Crippen LogP contribution in [0, 0.1) is 13.8 Å². The van der Waals surface area contributed by atoms with Crippen LogP contribution in [-0.4, -0.2) is 10.9 Å². The van der Waals surface area contributed by atoms with Crippen LogP contribution in [0.4, 0.5) is 5.13 Å². The zero-order valence-electron chi connectivity index (χ0n) is 13.9. The van der Waals surface area contributed by atoms with Gasteiger partial charge in [0, 0.05) is 9.35 Å². The summed E-state index contributed by atoms with van der Waals surface area (Å²) >= 11 is 4.91. The van der Waals surface area contributed by atoms with E-state index in [0.717, 1.165) is 20.6 Å². The maximum atomic E-state index is 12.6. The van der Waals surface area contributed by atoms with Gasteiger partial charge in [-0.3, -0.25) is 10.1 Å². The van der Waals surface area contributed by atoms with Gasteiger partial charge in [-0.25, -0.2) is 4.98 Å². The smallest absolute Gasteiger partial charge is 0.261 e. The van der Waals surface area contributed by atoms with Crippen molar-refractivity contribution in [2.45, 2.75) is 20.5 Å². The molecule has 0 saturated heterocycles. The Balaban J connectivity index is 1.74. The number of halogens is 1. The summed E-state index contributed by atoms with van der Waals surface area (Å²) in [6.07, 6.45) is 0. The largest absolute Gasteiger partial charge is 0.488 e. The molecule has 0 fully saturated rings. The van der Waals surface area contributed by atoms with Crippen LogP contribution in [0.1, 0.15) is 26.5 Å². The van der Waals surface area contributed by atoms with Crippen LogP contribution < -0.4 is 10.1 Å². The zero-order valence-corrected chi connectivity index (χ0v) is 16.3. The summed E-state index contributed by atoms with van der Waals surface area (Å²) < 4.78 is 6.86. The Bertz CT molecular complexity index is 888. The third-order valence-corrected chi connectivity index (χ3v) is 5.15. The maximum absolute atomic E-state index is 12.6. The normalized spacial score (nSPS) is 10.5. The van der Waals surface area contributed by atoms with Gasteiger partial charge >= 0.3 is 0 Å². The molecule has 1 heterocycles. The summed E-state index contributed by atoms with van der Waals surface area (Å²) in [7, 11) is 0. The molecule has 4 nitrogen and oxygen atoms in total. The highest BCUT2D eigenvalue weighted by atomic mass is 79.9. The molecular formula is C19H17BrN2O2S. The van der Waals surface area contributed by atoms with Crippen LogP contribution in [0.2, 0.25) is 0 Å². The molecular weight excluding hydrogens is 400 g/mol. The standard InChI is InChI=1S/C19H17BrN2O2S/c1-12-13(2)25-19(21-12)22-18(23)16-8-3-4-9-17(16)24-11-14-6-5-7-15(20)10-14/h3-10H,11H2,1-2H3,(H,21,22,23). The van der Waals surface area contributed by atoms with E-state index in [-0.39, 0.29) is 5.91 Å². The summed E-state index contributed by atoms with van der Waals surface area (Å²) in [4.78, 5) is 18.0. The predicted octanol–water partition coefficient (Wildman–Crippen LogP) is 5.35. The molecule has 0 spiro atoms. The fourth-order valence-electron chi connectivity index (χ4n) is 2.26. The topological polar surface area (TPSA) is 51.2 Å². The van der Waals surface area contributed by atoms with E-state index in [1.165, 1.54) is 11.3 Å². The number of ether oxygens (including phenoxy) is 1. The molecule has 25 heavy (non-hydrogen) atoms. The minimum Gasteiger partial charge on any atom is -0.488 e. The van der Waals surface area contributed by atoms with Crippen molar-refractivity contribution in [3.05, 3.63) is 74.7 Å². The molecule has 0 saturated carbocycles. The van der Waals surface area contributed by atoms with Gasteiger partial charge in [0.25, 0.3) is 5.91 Å². The van der Waals surface area contributed by atoms with E-state index in [1.54, 1.807) is 12.1 Å². The minimum atomic E-state index is -0.224. The lowest BCUT2D eigenvalue weighted by atomic mass is 10.2. The third kappa shape index (κ3) is 4.46. The molecule has 0 aliphatic rings. The molecule has 1 amide bonds. The van der Waals surface area contributed by atoms with E-state index in [2.05, 4.69) is 26.2 Å². The fourth-order valence-corrected chi connectivity index (χ4v) is 3.51. The van der Waals surface area contributed by atoms with Crippen LogP contribution in [0.5, 0.6) is 5.75 Å². The second-order valence-corrected chi connectivity index (χ2v) is 7.65. The Labute approximate surface area is 159 Å². The van der Waals surface area contributed by atoms with E-state index in [1.807, 2.05) is 50.2 Å². The molecule has 0 aliphatic heterocycles. The number of hydrogen-bond donors (Lipinski definition) is 1. The predicted molar refractivity (Wildman–Crippen MR) is 104 cm³/mol. The van der Waals surface area contributed by atoms with Crippen molar-refractivity contribution in [2.24, 2.45) is 0 Å². The molecule has 128 valence electrons. The highest BCUT2D eigenvalue weighted by Gasteiger charge is 2.14. The summed E-state index contributed by atoms with van der Waals surface area (Å²) in [5.74, 6) is 0.323. The van der Waals surface area contributed by atoms with Gasteiger partial charge in [0.15, 0.2) is 5.13 Å². The van der Waals surface area contributed by atoms with Gasteiger partial charge < -0.3 is 4.74 Å². The van der Waals surface area contributed by atoms with Crippen molar-refractivity contribution in [2.75, 3.05) is 5.32 Å². The van der Waals surface area contributed by atoms with Gasteiger partial charge in [0.2, 0.25) is 0 Å². The Morgan fingerprint density at radius 3 is 2.72 bits per heavy atom. The number of hydrogen-bond acceptors (Lipinski definition) is 4. The van der Waals surface area contributed by atoms with Crippen LogP contribution in [0.3, 0.4) is 0 Å². The number of aromatic nitrogens is 1. The van der Waals surface area contributed by atoms with Gasteiger partial charge in [-0.2, -0.15) is 0 Å². The fraction of sp³-hybridized carbons (Fsp3) is 0.158. The van der Waals surface area contributed by atoms with E-state index < -0.39 is 0 Å². The highest BCUT2D eigenvalue weighted by Crippen LogP contribution is 2.25. The molecule has 0 unspecified atom stereocenters. The Morgan fingerprint density at radius 2 is 2.00 bits per heavy atom. The van der Waals surface area contributed by atoms with Crippen molar-refractivity contribution in [3.8, 4) is 5.75 Å². The molecule has 3 aromatic rings. The maximum Gasteiger partial charge on any atom is 0.261 e. The number of benzene rings is 2. The Hall–Kier alpha value is -2.18. The van der Waals surface area contributed by atoms with E-state index in [4.69, 9.17) is 4.74 Å². The van der Waals surface area contributed by atoms with Crippen LogP contribution in [0.15, 0.2) is 53.0 Å². The third-order valence-electron chi connectivity index (χ3n) is 3.66. The number of rotatable bonds is 5. The quantitative estimate of drug-likeness (QED) is 0.609. The molecule has 1 N–H and O–H groups in total. The van der Waals surface area contributed by atoms with E-state index in [0.29, 0.717) is 23.1 Å². The first-order valence-corrected chi connectivity index (χ1v) is 9.35. The van der Waals surface area contributed by atoms with Gasteiger partial charge in [0.05, 0.1) is 11.3 Å². The molecule has 3 rings (SSSR count). The lowest BCUT2D eigenvalue weighted by molar-refractivity contribution is 0.102. The number of carbonyl (C=O) groups is 1. The molecule has 6 heteroatoms. The number of amides is 1.